The Labute approximate surface area is 162 Å². The van der Waals surface area contributed by atoms with Gasteiger partial charge in [-0.2, -0.15) is 0 Å². The molecule has 0 aliphatic rings. The molecule has 0 amide bonds. The van der Waals surface area contributed by atoms with E-state index < -0.39 is 26.4 Å². The summed E-state index contributed by atoms with van der Waals surface area (Å²) in [5.74, 6) is -0.547. The first-order chi connectivity index (χ1) is 12.8. The standard InChI is InChI=1S/C19H31N3O4Si/c1-24-18(25-2)14-16(15-9-7-6-8-10-15)13-17(21-22-20)19(23)26-11-12-27(3,4)5/h6-10,16-18H,11-14H2,1-5H3. The molecule has 2 atom stereocenters. The minimum atomic E-state index is -1.31. The molecule has 0 N–H and O–H groups in total. The Kier molecular flexibility index (Phi) is 10.1. The molecule has 0 aromatic heterocycles. The average molecular weight is 394 g/mol. The SMILES string of the molecule is COC(CC(CC(N=[N+]=[N-])C(=O)OCC[Si](C)(C)C)c1ccccc1)OC. The lowest BCUT2D eigenvalue weighted by Crippen LogP contribution is -2.28. The molecule has 2 unspecified atom stereocenters. The zero-order valence-corrected chi connectivity index (χ0v) is 17.9. The van der Waals surface area contributed by atoms with Crippen molar-refractivity contribution in [3.63, 3.8) is 0 Å². The predicted octanol–water partition coefficient (Wildman–Crippen LogP) is 4.73. The summed E-state index contributed by atoms with van der Waals surface area (Å²) in [6, 6.07) is 9.76. The number of methoxy groups -OCH3 is 2. The minimum Gasteiger partial charge on any atom is -0.466 e. The Balaban J connectivity index is 2.89. The Hall–Kier alpha value is -1.86. The quantitative estimate of drug-likeness (QED) is 0.128. The molecule has 0 fully saturated rings. The normalized spacial score (nSPS) is 13.7. The molecule has 0 saturated heterocycles. The first-order valence-corrected chi connectivity index (χ1v) is 12.8. The third-order valence-corrected chi connectivity index (χ3v) is 6.05. The Morgan fingerprint density at radius 2 is 1.78 bits per heavy atom. The van der Waals surface area contributed by atoms with Gasteiger partial charge in [0.15, 0.2) is 6.29 Å². The minimum absolute atomic E-state index is 0.0730. The second kappa shape index (κ2) is 11.8. The summed E-state index contributed by atoms with van der Waals surface area (Å²) in [6.45, 7) is 7.01. The summed E-state index contributed by atoms with van der Waals surface area (Å²) < 4.78 is 16.0. The predicted molar refractivity (Wildman–Crippen MR) is 108 cm³/mol. The van der Waals surface area contributed by atoms with Crippen LogP contribution in [0.4, 0.5) is 0 Å². The van der Waals surface area contributed by atoms with Gasteiger partial charge in [0.05, 0.1) is 6.61 Å². The van der Waals surface area contributed by atoms with Gasteiger partial charge >= 0.3 is 5.97 Å². The molecule has 0 heterocycles. The third-order valence-electron chi connectivity index (χ3n) is 4.34. The number of rotatable bonds is 12. The second-order valence-corrected chi connectivity index (χ2v) is 13.3. The van der Waals surface area contributed by atoms with E-state index in [9.17, 15) is 4.79 Å². The number of esters is 1. The van der Waals surface area contributed by atoms with Crippen molar-refractivity contribution in [3.05, 3.63) is 46.3 Å². The molecule has 27 heavy (non-hydrogen) atoms. The van der Waals surface area contributed by atoms with Crippen LogP contribution in [-0.2, 0) is 19.0 Å². The lowest BCUT2D eigenvalue weighted by atomic mass is 9.89. The molecule has 7 nitrogen and oxygen atoms in total. The number of carbonyl (C=O) groups is 1. The zero-order valence-electron chi connectivity index (χ0n) is 16.9. The van der Waals surface area contributed by atoms with Crippen LogP contribution < -0.4 is 0 Å². The van der Waals surface area contributed by atoms with Gasteiger partial charge in [-0.3, -0.25) is 4.79 Å². The van der Waals surface area contributed by atoms with Crippen molar-refractivity contribution in [1.82, 2.24) is 0 Å². The molecule has 0 aliphatic heterocycles. The Morgan fingerprint density at radius 3 is 2.30 bits per heavy atom. The van der Waals surface area contributed by atoms with Gasteiger partial charge < -0.3 is 14.2 Å². The van der Waals surface area contributed by atoms with Gasteiger partial charge in [-0.1, -0.05) is 55.1 Å². The van der Waals surface area contributed by atoms with Gasteiger partial charge in [0.25, 0.3) is 0 Å². The molecule has 8 heteroatoms. The third kappa shape index (κ3) is 9.06. The van der Waals surface area contributed by atoms with E-state index in [1.807, 2.05) is 30.3 Å². The van der Waals surface area contributed by atoms with Crippen molar-refractivity contribution in [2.45, 2.75) is 56.8 Å². The summed E-state index contributed by atoms with van der Waals surface area (Å²) in [5.41, 5.74) is 9.94. The van der Waals surface area contributed by atoms with E-state index >= 15 is 0 Å². The Morgan fingerprint density at radius 1 is 1.15 bits per heavy atom. The number of hydrogen-bond donors (Lipinski definition) is 0. The first-order valence-electron chi connectivity index (χ1n) is 9.12. The highest BCUT2D eigenvalue weighted by Crippen LogP contribution is 2.29. The molecule has 1 aromatic carbocycles. The number of benzene rings is 1. The fourth-order valence-corrected chi connectivity index (χ4v) is 3.41. The lowest BCUT2D eigenvalue weighted by Gasteiger charge is -2.24. The summed E-state index contributed by atoms with van der Waals surface area (Å²) >= 11 is 0. The number of azide groups is 1. The molecule has 1 rings (SSSR count). The lowest BCUT2D eigenvalue weighted by molar-refractivity contribution is -0.145. The number of nitrogens with zero attached hydrogens (tertiary/aromatic N) is 3. The van der Waals surface area contributed by atoms with Crippen LogP contribution in [0.2, 0.25) is 25.7 Å². The fraction of sp³-hybridized carbons (Fsp3) is 0.632. The van der Waals surface area contributed by atoms with E-state index in [2.05, 4.69) is 29.7 Å². The van der Waals surface area contributed by atoms with Crippen LogP contribution in [0, 0.1) is 0 Å². The summed E-state index contributed by atoms with van der Waals surface area (Å²) in [7, 11) is 1.84. The number of ether oxygens (including phenoxy) is 3. The highest BCUT2D eigenvalue weighted by Gasteiger charge is 2.27. The monoisotopic (exact) mass is 393 g/mol. The van der Waals surface area contributed by atoms with E-state index in [-0.39, 0.29) is 5.92 Å². The van der Waals surface area contributed by atoms with Gasteiger partial charge in [-0.25, -0.2) is 0 Å². The molecule has 0 bridgehead atoms. The Bertz CT molecular complexity index is 611. The van der Waals surface area contributed by atoms with Crippen LogP contribution in [0.3, 0.4) is 0 Å². The van der Waals surface area contributed by atoms with Crippen molar-refractivity contribution >= 4 is 14.0 Å². The molecular formula is C19H31N3O4Si. The maximum absolute atomic E-state index is 12.5. The van der Waals surface area contributed by atoms with Gasteiger partial charge in [-0.05, 0) is 29.5 Å². The molecule has 0 spiro atoms. The molecule has 150 valence electrons. The smallest absolute Gasteiger partial charge is 0.314 e. The van der Waals surface area contributed by atoms with Crippen LogP contribution in [-0.4, -0.2) is 47.2 Å². The fourth-order valence-electron chi connectivity index (χ4n) is 2.69. The van der Waals surface area contributed by atoms with Crippen molar-refractivity contribution < 1.29 is 19.0 Å². The highest BCUT2D eigenvalue weighted by atomic mass is 28.3. The first kappa shape index (κ1) is 23.2. The molecule has 0 aliphatic carbocycles. The van der Waals surface area contributed by atoms with Gasteiger partial charge in [0.2, 0.25) is 0 Å². The van der Waals surface area contributed by atoms with E-state index in [0.717, 1.165) is 11.6 Å². The van der Waals surface area contributed by atoms with Crippen molar-refractivity contribution in [1.29, 1.82) is 0 Å². The average Bonchev–Trinajstić information content (AvgIpc) is 2.64. The van der Waals surface area contributed by atoms with Crippen LogP contribution in [0.15, 0.2) is 35.4 Å². The van der Waals surface area contributed by atoms with Crippen molar-refractivity contribution in [2.75, 3.05) is 20.8 Å². The highest BCUT2D eigenvalue weighted by molar-refractivity contribution is 6.76. The molecule has 0 radical (unpaired) electrons. The van der Waals surface area contributed by atoms with E-state index in [1.165, 1.54) is 0 Å². The second-order valence-electron chi connectivity index (χ2n) is 7.68. The molecule has 0 saturated carbocycles. The largest absolute Gasteiger partial charge is 0.466 e. The van der Waals surface area contributed by atoms with E-state index in [1.54, 1.807) is 14.2 Å². The topological polar surface area (TPSA) is 93.5 Å². The summed E-state index contributed by atoms with van der Waals surface area (Å²) in [4.78, 5) is 15.3. The van der Waals surface area contributed by atoms with Crippen LogP contribution >= 0.6 is 0 Å². The molecule has 1 aromatic rings. The van der Waals surface area contributed by atoms with Crippen LogP contribution in [0.25, 0.3) is 10.4 Å². The zero-order chi connectivity index (χ0) is 20.3. The summed E-state index contributed by atoms with van der Waals surface area (Å²) in [5, 5.41) is 3.70. The maximum atomic E-state index is 12.5. The van der Waals surface area contributed by atoms with E-state index in [4.69, 9.17) is 19.7 Å². The number of carbonyl (C=O) groups excluding carboxylic acids is 1. The van der Waals surface area contributed by atoms with Gasteiger partial charge in [0.1, 0.15) is 6.04 Å². The van der Waals surface area contributed by atoms with Crippen LogP contribution in [0.1, 0.15) is 24.3 Å². The van der Waals surface area contributed by atoms with Crippen molar-refractivity contribution in [3.8, 4) is 0 Å². The van der Waals surface area contributed by atoms with E-state index in [0.29, 0.717) is 19.4 Å². The van der Waals surface area contributed by atoms with Crippen LogP contribution in [0.5, 0.6) is 0 Å². The molecular weight excluding hydrogens is 362 g/mol. The summed E-state index contributed by atoms with van der Waals surface area (Å²) in [6.07, 6.45) is 0.463. The number of hydrogen-bond acceptors (Lipinski definition) is 5. The van der Waals surface area contributed by atoms with Gasteiger partial charge in [-0.15, -0.1) is 0 Å². The maximum Gasteiger partial charge on any atom is 0.314 e. The van der Waals surface area contributed by atoms with Gasteiger partial charge in [0, 0.05) is 33.6 Å². The van der Waals surface area contributed by atoms with Crippen molar-refractivity contribution in [2.24, 2.45) is 5.11 Å².